The molecule has 3 aromatic rings. The summed E-state index contributed by atoms with van der Waals surface area (Å²) in [5.41, 5.74) is 8.35. The molecule has 208 valence electrons. The summed E-state index contributed by atoms with van der Waals surface area (Å²) in [4.78, 5) is 23.8. The first-order valence-corrected chi connectivity index (χ1v) is 12.9. The quantitative estimate of drug-likeness (QED) is 0.167. The summed E-state index contributed by atoms with van der Waals surface area (Å²) in [5.74, 6) is -0.295. The number of nitrogens with one attached hydrogen (secondary N) is 3. The summed E-state index contributed by atoms with van der Waals surface area (Å²) < 4.78 is 0. The van der Waals surface area contributed by atoms with Crippen LogP contribution in [0.1, 0.15) is 42.2 Å². The van der Waals surface area contributed by atoms with Gasteiger partial charge in [-0.1, -0.05) is 60.7 Å². The highest BCUT2D eigenvalue weighted by Gasteiger charge is 2.21. The van der Waals surface area contributed by atoms with Crippen molar-refractivity contribution in [3.8, 4) is 5.75 Å². The SMILES string of the molecule is CC(C)(Cc1cccc(CC(=O)N[C@@H](CO)Cc2ccccc2)c1)NC[C@H](O)c1ccc(O)c(NC(N)=O)c1. The summed E-state index contributed by atoms with van der Waals surface area (Å²) in [6.07, 6.45) is 0.520. The highest BCUT2D eigenvalue weighted by molar-refractivity contribution is 5.89. The van der Waals surface area contributed by atoms with Gasteiger partial charge in [-0.2, -0.15) is 0 Å². The van der Waals surface area contributed by atoms with Crippen LogP contribution in [0.25, 0.3) is 0 Å². The van der Waals surface area contributed by atoms with Crippen LogP contribution in [-0.4, -0.2) is 52.0 Å². The van der Waals surface area contributed by atoms with Gasteiger partial charge < -0.3 is 37.0 Å². The zero-order valence-corrected chi connectivity index (χ0v) is 22.4. The molecule has 9 nitrogen and oxygen atoms in total. The molecule has 0 spiro atoms. The van der Waals surface area contributed by atoms with Crippen molar-refractivity contribution in [3.63, 3.8) is 0 Å². The summed E-state index contributed by atoms with van der Waals surface area (Å²) in [5, 5.41) is 38.9. The van der Waals surface area contributed by atoms with Crippen LogP contribution >= 0.6 is 0 Å². The fraction of sp³-hybridized carbons (Fsp3) is 0.333. The van der Waals surface area contributed by atoms with Gasteiger partial charge in [0.25, 0.3) is 0 Å². The number of nitrogens with two attached hydrogens (primary N) is 1. The van der Waals surface area contributed by atoms with Crippen LogP contribution in [0.2, 0.25) is 0 Å². The molecule has 3 rings (SSSR count). The maximum Gasteiger partial charge on any atom is 0.316 e. The molecule has 9 heteroatoms. The Morgan fingerprint density at radius 2 is 1.64 bits per heavy atom. The van der Waals surface area contributed by atoms with Crippen LogP contribution in [0, 0.1) is 0 Å². The van der Waals surface area contributed by atoms with E-state index in [0.717, 1.165) is 16.7 Å². The monoisotopic (exact) mass is 534 g/mol. The number of β-amino-alcohol motifs (C(OH)–C–C–N with tert-alkyl or cyclic N) is 1. The topological polar surface area (TPSA) is 157 Å². The minimum atomic E-state index is -0.885. The van der Waals surface area contributed by atoms with Crippen molar-refractivity contribution >= 4 is 17.6 Å². The summed E-state index contributed by atoms with van der Waals surface area (Å²) in [7, 11) is 0. The molecule has 0 heterocycles. The number of phenols is 1. The van der Waals surface area contributed by atoms with Crippen molar-refractivity contribution in [2.45, 2.75) is 50.8 Å². The van der Waals surface area contributed by atoms with Gasteiger partial charge >= 0.3 is 6.03 Å². The number of benzene rings is 3. The largest absolute Gasteiger partial charge is 0.506 e. The van der Waals surface area contributed by atoms with E-state index in [0.29, 0.717) is 18.4 Å². The lowest BCUT2D eigenvalue weighted by atomic mass is 9.93. The van der Waals surface area contributed by atoms with Crippen LogP contribution in [0.3, 0.4) is 0 Å². The molecule has 0 aliphatic rings. The molecular weight excluding hydrogens is 496 g/mol. The highest BCUT2D eigenvalue weighted by Crippen LogP contribution is 2.27. The normalized spacial score (nSPS) is 12.9. The van der Waals surface area contributed by atoms with Crippen molar-refractivity contribution in [2.24, 2.45) is 5.73 Å². The van der Waals surface area contributed by atoms with Crippen LogP contribution in [0.15, 0.2) is 72.8 Å². The van der Waals surface area contributed by atoms with E-state index in [1.165, 1.54) is 12.1 Å². The Hall–Kier alpha value is -3.92. The molecule has 3 amide bonds. The summed E-state index contributed by atoms with van der Waals surface area (Å²) >= 11 is 0. The Labute approximate surface area is 229 Å². The van der Waals surface area contributed by atoms with Crippen molar-refractivity contribution in [2.75, 3.05) is 18.5 Å². The molecule has 0 fully saturated rings. The van der Waals surface area contributed by atoms with Crippen LogP contribution in [-0.2, 0) is 24.1 Å². The number of anilines is 1. The third-order valence-electron chi connectivity index (χ3n) is 6.35. The number of rotatable bonds is 13. The second-order valence-electron chi connectivity index (χ2n) is 10.4. The smallest absolute Gasteiger partial charge is 0.316 e. The number of hydrogen-bond donors (Lipinski definition) is 7. The first kappa shape index (κ1) is 29.6. The molecule has 3 aromatic carbocycles. The van der Waals surface area contributed by atoms with Gasteiger partial charge in [-0.25, -0.2) is 4.79 Å². The Morgan fingerprint density at radius 1 is 0.949 bits per heavy atom. The predicted molar refractivity (Wildman–Crippen MR) is 151 cm³/mol. The fourth-order valence-electron chi connectivity index (χ4n) is 4.43. The minimum absolute atomic E-state index is 0.129. The molecule has 0 radical (unpaired) electrons. The second kappa shape index (κ2) is 13.7. The third kappa shape index (κ3) is 9.72. The zero-order chi connectivity index (χ0) is 28.4. The van der Waals surface area contributed by atoms with Crippen LogP contribution < -0.4 is 21.7 Å². The Kier molecular flexibility index (Phi) is 10.4. The number of aliphatic hydroxyl groups is 2. The molecule has 0 saturated carbocycles. The summed E-state index contributed by atoms with van der Waals surface area (Å²) in [6, 6.07) is 20.8. The van der Waals surface area contributed by atoms with E-state index in [4.69, 9.17) is 5.73 Å². The van der Waals surface area contributed by atoms with Gasteiger partial charge in [0, 0.05) is 12.1 Å². The number of hydrogen-bond acceptors (Lipinski definition) is 6. The van der Waals surface area contributed by atoms with E-state index in [1.54, 1.807) is 6.07 Å². The van der Waals surface area contributed by atoms with Crippen molar-refractivity contribution < 1.29 is 24.9 Å². The second-order valence-corrected chi connectivity index (χ2v) is 10.4. The number of urea groups is 1. The van der Waals surface area contributed by atoms with Crippen molar-refractivity contribution in [3.05, 3.63) is 95.1 Å². The molecule has 0 aliphatic carbocycles. The molecule has 0 aliphatic heterocycles. The number of carbonyl (C=O) groups is 2. The number of aliphatic hydroxyl groups excluding tert-OH is 2. The molecule has 0 unspecified atom stereocenters. The van der Waals surface area contributed by atoms with Gasteiger partial charge in [-0.3, -0.25) is 4.79 Å². The number of primary amides is 1. The number of aromatic hydroxyl groups is 1. The third-order valence-corrected chi connectivity index (χ3v) is 6.35. The van der Waals surface area contributed by atoms with Crippen LogP contribution in [0.5, 0.6) is 5.75 Å². The maximum absolute atomic E-state index is 12.7. The predicted octanol–water partition coefficient (Wildman–Crippen LogP) is 2.79. The minimum Gasteiger partial charge on any atom is -0.506 e. The lowest BCUT2D eigenvalue weighted by molar-refractivity contribution is -0.121. The fourth-order valence-corrected chi connectivity index (χ4v) is 4.43. The molecule has 0 aromatic heterocycles. The van der Waals surface area contributed by atoms with Gasteiger partial charge in [0.05, 0.1) is 30.9 Å². The zero-order valence-electron chi connectivity index (χ0n) is 22.4. The molecule has 2 atom stereocenters. The van der Waals surface area contributed by atoms with Gasteiger partial charge in [-0.15, -0.1) is 0 Å². The molecule has 8 N–H and O–H groups in total. The lowest BCUT2D eigenvalue weighted by Gasteiger charge is -2.28. The van der Waals surface area contributed by atoms with Crippen molar-refractivity contribution in [1.82, 2.24) is 10.6 Å². The lowest BCUT2D eigenvalue weighted by Crippen LogP contribution is -2.43. The van der Waals surface area contributed by atoms with E-state index in [2.05, 4.69) is 16.0 Å². The Morgan fingerprint density at radius 3 is 2.33 bits per heavy atom. The summed E-state index contributed by atoms with van der Waals surface area (Å²) in [6.45, 7) is 4.14. The van der Waals surface area contributed by atoms with Gasteiger partial charge in [-0.05, 0) is 61.1 Å². The van der Waals surface area contributed by atoms with Crippen molar-refractivity contribution in [1.29, 1.82) is 0 Å². The molecular formula is C30H38N4O5. The van der Waals surface area contributed by atoms with Gasteiger partial charge in [0.15, 0.2) is 0 Å². The van der Waals surface area contributed by atoms with Gasteiger partial charge in [0.2, 0.25) is 5.91 Å². The Balaban J connectivity index is 1.54. The van der Waals surface area contributed by atoms with Crippen LogP contribution in [0.4, 0.5) is 10.5 Å². The van der Waals surface area contributed by atoms with E-state index in [9.17, 15) is 24.9 Å². The number of amides is 3. The van der Waals surface area contributed by atoms with E-state index < -0.39 is 12.1 Å². The number of carbonyl (C=O) groups excluding carboxylic acids is 2. The number of phenolic OH excluding ortho intramolecular Hbond substituents is 1. The average Bonchev–Trinajstić information content (AvgIpc) is 2.88. The van der Waals surface area contributed by atoms with E-state index in [1.807, 2.05) is 68.4 Å². The van der Waals surface area contributed by atoms with Gasteiger partial charge in [0.1, 0.15) is 5.75 Å². The first-order chi connectivity index (χ1) is 18.5. The van der Waals surface area contributed by atoms with E-state index >= 15 is 0 Å². The average molecular weight is 535 g/mol. The maximum atomic E-state index is 12.7. The Bertz CT molecular complexity index is 1250. The molecule has 0 saturated heterocycles. The molecule has 39 heavy (non-hydrogen) atoms. The first-order valence-electron chi connectivity index (χ1n) is 12.9. The molecule has 0 bridgehead atoms. The highest BCUT2D eigenvalue weighted by atomic mass is 16.3. The standard InChI is InChI=1S/C30H38N4O5/c1-30(2,32-18-27(37)23-11-12-26(36)25(16-23)34-29(31)39)17-22-10-6-9-21(13-22)15-28(38)33-24(19-35)14-20-7-4-3-5-8-20/h3-13,16,24,27,32,35-37H,14-15,17-19H2,1-2H3,(H,33,38)(H3,31,34,39)/t24-,27+/m1/s1. The van der Waals surface area contributed by atoms with E-state index in [-0.39, 0.29) is 48.5 Å².